The van der Waals surface area contributed by atoms with E-state index < -0.39 is 0 Å². The molecular formula is C20H29N. The van der Waals surface area contributed by atoms with Gasteiger partial charge >= 0.3 is 0 Å². The van der Waals surface area contributed by atoms with Gasteiger partial charge in [-0.05, 0) is 50.3 Å². The molecule has 1 nitrogen and oxygen atoms in total. The maximum absolute atomic E-state index is 3.33. The van der Waals surface area contributed by atoms with Gasteiger partial charge in [0.05, 0.1) is 0 Å². The molecule has 0 saturated carbocycles. The summed E-state index contributed by atoms with van der Waals surface area (Å²) in [6, 6.07) is 10.9. The summed E-state index contributed by atoms with van der Waals surface area (Å²) in [6.45, 7) is 5.90. The van der Waals surface area contributed by atoms with E-state index >= 15 is 0 Å². The normalized spacial score (nSPS) is 16.4. The van der Waals surface area contributed by atoms with Crippen LogP contribution in [0.15, 0.2) is 30.3 Å². The highest BCUT2D eigenvalue weighted by molar-refractivity contribution is 5.15. The number of benzene rings is 1. The first-order valence-corrected chi connectivity index (χ1v) is 8.60. The highest BCUT2D eigenvalue weighted by atomic mass is 15.1. The van der Waals surface area contributed by atoms with Crippen LogP contribution < -0.4 is 0 Å². The molecule has 1 aliphatic heterocycles. The van der Waals surface area contributed by atoms with Crippen LogP contribution in [0.5, 0.6) is 0 Å². The molecule has 1 heteroatoms. The maximum Gasteiger partial charge on any atom is 0.0217 e. The zero-order valence-corrected chi connectivity index (χ0v) is 13.5. The van der Waals surface area contributed by atoms with Crippen LogP contribution in [-0.4, -0.2) is 24.5 Å². The Labute approximate surface area is 130 Å². The molecule has 21 heavy (non-hydrogen) atoms. The number of likely N-dealkylation sites (tertiary alicyclic amines) is 1. The smallest absolute Gasteiger partial charge is 0.0217 e. The quantitative estimate of drug-likeness (QED) is 0.548. The summed E-state index contributed by atoms with van der Waals surface area (Å²) < 4.78 is 0. The van der Waals surface area contributed by atoms with Crippen molar-refractivity contribution in [1.82, 2.24) is 4.90 Å². The van der Waals surface area contributed by atoms with Crippen LogP contribution >= 0.6 is 0 Å². The Kier molecular flexibility index (Phi) is 7.39. The highest BCUT2D eigenvalue weighted by Gasteiger charge is 2.18. The van der Waals surface area contributed by atoms with Crippen molar-refractivity contribution in [3.8, 4) is 11.8 Å². The minimum atomic E-state index is 0.874. The van der Waals surface area contributed by atoms with Gasteiger partial charge in [0.15, 0.2) is 0 Å². The molecule has 114 valence electrons. The molecule has 0 spiro atoms. The van der Waals surface area contributed by atoms with E-state index in [9.17, 15) is 0 Å². The summed E-state index contributed by atoms with van der Waals surface area (Å²) in [6.07, 6.45) is 8.58. The molecule has 0 radical (unpaired) electrons. The van der Waals surface area contributed by atoms with Crippen LogP contribution in [0.25, 0.3) is 0 Å². The second kappa shape index (κ2) is 9.64. The fourth-order valence-electron chi connectivity index (χ4n) is 3.02. The third-order valence-electron chi connectivity index (χ3n) is 4.41. The predicted molar refractivity (Wildman–Crippen MR) is 91.2 cm³/mol. The SMILES string of the molecule is CCCCC#CCCN1CCC(Cc2ccccc2)CC1. The van der Waals surface area contributed by atoms with Crippen molar-refractivity contribution in [3.05, 3.63) is 35.9 Å². The van der Waals surface area contributed by atoms with Gasteiger partial charge < -0.3 is 4.90 Å². The molecule has 0 aliphatic carbocycles. The predicted octanol–water partition coefficient (Wildman–Crippen LogP) is 4.52. The first-order valence-electron chi connectivity index (χ1n) is 8.60. The second-order valence-electron chi connectivity index (χ2n) is 6.18. The van der Waals surface area contributed by atoms with Gasteiger partial charge in [-0.2, -0.15) is 0 Å². The van der Waals surface area contributed by atoms with Crippen LogP contribution in [0, 0.1) is 17.8 Å². The molecule has 0 aromatic heterocycles. The van der Waals surface area contributed by atoms with E-state index in [1.807, 2.05) is 0 Å². The lowest BCUT2D eigenvalue weighted by Gasteiger charge is -2.31. The van der Waals surface area contributed by atoms with Gasteiger partial charge in [-0.25, -0.2) is 0 Å². The molecule has 0 atom stereocenters. The van der Waals surface area contributed by atoms with Gasteiger partial charge in [0.1, 0.15) is 0 Å². The molecule has 1 aromatic rings. The van der Waals surface area contributed by atoms with Crippen molar-refractivity contribution in [2.75, 3.05) is 19.6 Å². The number of nitrogens with zero attached hydrogens (tertiary/aromatic N) is 1. The monoisotopic (exact) mass is 283 g/mol. The van der Waals surface area contributed by atoms with E-state index in [4.69, 9.17) is 0 Å². The standard InChI is InChI=1S/C20H29N/c1-2-3-4-5-6-10-15-21-16-13-20(14-17-21)18-19-11-8-7-9-12-19/h7-9,11-12,20H,2-4,10,13-18H2,1H3. The molecule has 2 rings (SSSR count). The fourth-order valence-corrected chi connectivity index (χ4v) is 3.02. The van der Waals surface area contributed by atoms with E-state index in [1.165, 1.54) is 50.8 Å². The topological polar surface area (TPSA) is 3.24 Å². The Morgan fingerprint density at radius 3 is 2.48 bits per heavy atom. The molecule has 1 heterocycles. The van der Waals surface area contributed by atoms with Crippen LogP contribution in [0.2, 0.25) is 0 Å². The Balaban J connectivity index is 1.61. The van der Waals surface area contributed by atoms with Crippen molar-refractivity contribution in [3.63, 3.8) is 0 Å². The van der Waals surface area contributed by atoms with E-state index in [-0.39, 0.29) is 0 Å². The maximum atomic E-state index is 3.33. The number of unbranched alkanes of at least 4 members (excludes halogenated alkanes) is 2. The van der Waals surface area contributed by atoms with Gasteiger partial charge in [0, 0.05) is 19.4 Å². The van der Waals surface area contributed by atoms with Gasteiger partial charge in [-0.1, -0.05) is 43.7 Å². The second-order valence-corrected chi connectivity index (χ2v) is 6.18. The van der Waals surface area contributed by atoms with Crippen LogP contribution in [0.1, 0.15) is 51.0 Å². The third-order valence-corrected chi connectivity index (χ3v) is 4.41. The molecule has 1 aromatic carbocycles. The molecule has 1 aliphatic rings. The van der Waals surface area contributed by atoms with E-state index in [2.05, 4.69) is 54.0 Å². The zero-order valence-electron chi connectivity index (χ0n) is 13.5. The van der Waals surface area contributed by atoms with Crippen molar-refractivity contribution < 1.29 is 0 Å². The summed E-state index contributed by atoms with van der Waals surface area (Å²) in [5.41, 5.74) is 1.50. The van der Waals surface area contributed by atoms with Crippen LogP contribution in [0.3, 0.4) is 0 Å². The summed E-state index contributed by atoms with van der Waals surface area (Å²) in [5, 5.41) is 0. The molecular weight excluding hydrogens is 254 g/mol. The van der Waals surface area contributed by atoms with Crippen LogP contribution in [-0.2, 0) is 6.42 Å². The summed E-state index contributed by atoms with van der Waals surface area (Å²) >= 11 is 0. The molecule has 0 unspecified atom stereocenters. The van der Waals surface area contributed by atoms with Crippen molar-refractivity contribution in [2.24, 2.45) is 5.92 Å². The molecule has 0 amide bonds. The largest absolute Gasteiger partial charge is 0.302 e. The molecule has 0 bridgehead atoms. The number of hydrogen-bond donors (Lipinski definition) is 0. The Morgan fingerprint density at radius 1 is 1.05 bits per heavy atom. The minimum Gasteiger partial charge on any atom is -0.302 e. The van der Waals surface area contributed by atoms with Crippen molar-refractivity contribution in [2.45, 2.75) is 51.9 Å². The first-order chi connectivity index (χ1) is 10.4. The first kappa shape index (κ1) is 16.1. The van der Waals surface area contributed by atoms with Gasteiger partial charge in [-0.15, -0.1) is 11.8 Å². The average molecular weight is 283 g/mol. The van der Waals surface area contributed by atoms with E-state index in [0.29, 0.717) is 0 Å². The summed E-state index contributed by atoms with van der Waals surface area (Å²) in [4.78, 5) is 2.59. The zero-order chi connectivity index (χ0) is 14.8. The molecule has 1 saturated heterocycles. The van der Waals surface area contributed by atoms with Gasteiger partial charge in [0.2, 0.25) is 0 Å². The number of hydrogen-bond acceptors (Lipinski definition) is 1. The minimum absolute atomic E-state index is 0.874. The summed E-state index contributed by atoms with van der Waals surface area (Å²) in [5.74, 6) is 7.49. The Hall–Kier alpha value is -1.26. The van der Waals surface area contributed by atoms with E-state index in [0.717, 1.165) is 25.3 Å². The summed E-state index contributed by atoms with van der Waals surface area (Å²) in [7, 11) is 0. The average Bonchev–Trinajstić information content (AvgIpc) is 2.53. The Bertz CT molecular complexity index is 432. The Morgan fingerprint density at radius 2 is 1.76 bits per heavy atom. The fraction of sp³-hybridized carbons (Fsp3) is 0.600. The molecule has 1 fully saturated rings. The lowest BCUT2D eigenvalue weighted by molar-refractivity contribution is 0.187. The van der Waals surface area contributed by atoms with Crippen molar-refractivity contribution >= 4 is 0 Å². The van der Waals surface area contributed by atoms with Crippen molar-refractivity contribution in [1.29, 1.82) is 0 Å². The lowest BCUT2D eigenvalue weighted by Crippen LogP contribution is -2.34. The highest BCUT2D eigenvalue weighted by Crippen LogP contribution is 2.21. The molecule has 0 N–H and O–H groups in total. The third kappa shape index (κ3) is 6.36. The van der Waals surface area contributed by atoms with E-state index in [1.54, 1.807) is 0 Å². The van der Waals surface area contributed by atoms with Gasteiger partial charge in [-0.3, -0.25) is 0 Å². The number of piperidine rings is 1. The lowest BCUT2D eigenvalue weighted by atomic mass is 9.90. The number of rotatable bonds is 6. The van der Waals surface area contributed by atoms with Crippen LogP contribution in [0.4, 0.5) is 0 Å². The van der Waals surface area contributed by atoms with Gasteiger partial charge in [0.25, 0.3) is 0 Å².